The number of benzene rings is 2. The molecule has 0 spiro atoms. The van der Waals surface area contributed by atoms with Crippen LogP contribution in [-0.4, -0.2) is 28.8 Å². The van der Waals surface area contributed by atoms with Crippen molar-refractivity contribution in [1.82, 2.24) is 9.78 Å². The number of carbonyl (C=O) groups excluding carboxylic acids is 2. The fourth-order valence-corrected chi connectivity index (χ4v) is 2.47. The Hall–Kier alpha value is -3.68. The zero-order valence-electron chi connectivity index (χ0n) is 15.3. The average molecular weight is 383 g/mol. The van der Waals surface area contributed by atoms with Crippen molar-refractivity contribution < 1.29 is 23.5 Å². The highest BCUT2D eigenvalue weighted by atomic mass is 19.1. The molecule has 28 heavy (non-hydrogen) atoms. The van der Waals surface area contributed by atoms with Crippen LogP contribution in [0.15, 0.2) is 54.7 Å². The molecule has 0 bridgehead atoms. The molecule has 3 rings (SSSR count). The third kappa shape index (κ3) is 4.53. The molecule has 0 aliphatic heterocycles. The van der Waals surface area contributed by atoms with Gasteiger partial charge in [-0.05, 0) is 42.0 Å². The highest BCUT2D eigenvalue weighted by Crippen LogP contribution is 2.17. The van der Waals surface area contributed by atoms with E-state index in [1.807, 2.05) is 0 Å². The molecule has 0 fully saturated rings. The van der Waals surface area contributed by atoms with Crippen LogP contribution in [0.1, 0.15) is 26.4 Å². The van der Waals surface area contributed by atoms with E-state index >= 15 is 0 Å². The maximum Gasteiger partial charge on any atom is 0.360 e. The van der Waals surface area contributed by atoms with Crippen molar-refractivity contribution in [2.24, 2.45) is 7.05 Å². The number of hydrogen-bond donors (Lipinski definition) is 1. The Morgan fingerprint density at radius 2 is 1.79 bits per heavy atom. The highest BCUT2D eigenvalue weighted by Gasteiger charge is 2.19. The molecular weight excluding hydrogens is 365 g/mol. The van der Waals surface area contributed by atoms with E-state index < -0.39 is 5.97 Å². The van der Waals surface area contributed by atoms with Gasteiger partial charge < -0.3 is 14.8 Å². The SMILES string of the molecule is COC(=O)c1nn(C)cc1NC(=O)c1ccc(COc2ccc(F)cc2)cc1. The van der Waals surface area contributed by atoms with Gasteiger partial charge in [0.2, 0.25) is 0 Å². The Kier molecular flexibility index (Phi) is 5.69. The first-order valence-electron chi connectivity index (χ1n) is 8.37. The van der Waals surface area contributed by atoms with E-state index in [9.17, 15) is 14.0 Å². The molecule has 0 atom stereocenters. The van der Waals surface area contributed by atoms with Crippen molar-refractivity contribution >= 4 is 17.6 Å². The van der Waals surface area contributed by atoms with Crippen molar-refractivity contribution in [3.8, 4) is 5.75 Å². The van der Waals surface area contributed by atoms with E-state index in [1.165, 1.54) is 30.1 Å². The number of amides is 1. The Balaban J connectivity index is 1.64. The second kappa shape index (κ2) is 8.34. The number of esters is 1. The highest BCUT2D eigenvalue weighted by molar-refractivity contribution is 6.07. The normalized spacial score (nSPS) is 10.4. The van der Waals surface area contributed by atoms with Crippen LogP contribution >= 0.6 is 0 Å². The lowest BCUT2D eigenvalue weighted by Gasteiger charge is -2.08. The van der Waals surface area contributed by atoms with Crippen LogP contribution in [0.4, 0.5) is 10.1 Å². The third-order valence-electron chi connectivity index (χ3n) is 3.89. The van der Waals surface area contributed by atoms with Crippen molar-refractivity contribution in [3.63, 3.8) is 0 Å². The first-order chi connectivity index (χ1) is 13.5. The van der Waals surface area contributed by atoms with Crippen LogP contribution < -0.4 is 10.1 Å². The predicted octanol–water partition coefficient (Wildman–Crippen LogP) is 3.18. The van der Waals surface area contributed by atoms with Gasteiger partial charge in [-0.25, -0.2) is 9.18 Å². The minimum Gasteiger partial charge on any atom is -0.489 e. The summed E-state index contributed by atoms with van der Waals surface area (Å²) in [6, 6.07) is 12.5. The Morgan fingerprint density at radius 1 is 1.11 bits per heavy atom. The Bertz CT molecular complexity index is 982. The van der Waals surface area contributed by atoms with Crippen LogP contribution in [0.2, 0.25) is 0 Å². The summed E-state index contributed by atoms with van der Waals surface area (Å²) in [5.41, 5.74) is 1.55. The molecule has 0 unspecified atom stereocenters. The molecule has 144 valence electrons. The number of nitrogens with zero attached hydrogens (tertiary/aromatic N) is 2. The van der Waals surface area contributed by atoms with Crippen molar-refractivity contribution in [1.29, 1.82) is 0 Å². The zero-order valence-corrected chi connectivity index (χ0v) is 15.3. The lowest BCUT2D eigenvalue weighted by Crippen LogP contribution is -2.14. The molecule has 0 radical (unpaired) electrons. The van der Waals surface area contributed by atoms with Crippen LogP contribution in [0, 0.1) is 5.82 Å². The van der Waals surface area contributed by atoms with Gasteiger partial charge in [-0.15, -0.1) is 0 Å². The molecule has 7 nitrogen and oxygen atoms in total. The van der Waals surface area contributed by atoms with Gasteiger partial charge in [0, 0.05) is 18.8 Å². The van der Waals surface area contributed by atoms with E-state index in [4.69, 9.17) is 4.74 Å². The van der Waals surface area contributed by atoms with Gasteiger partial charge in [0.1, 0.15) is 18.2 Å². The van der Waals surface area contributed by atoms with Gasteiger partial charge in [-0.3, -0.25) is 9.48 Å². The molecule has 8 heteroatoms. The standard InChI is InChI=1S/C20H18FN3O4/c1-24-11-17(18(23-24)20(26)27-2)22-19(25)14-5-3-13(4-6-14)12-28-16-9-7-15(21)8-10-16/h3-11H,12H2,1-2H3,(H,22,25). The largest absolute Gasteiger partial charge is 0.489 e. The Morgan fingerprint density at radius 3 is 2.43 bits per heavy atom. The first kappa shape index (κ1) is 19.1. The molecule has 1 N–H and O–H groups in total. The number of nitrogens with one attached hydrogen (secondary N) is 1. The fraction of sp³-hybridized carbons (Fsp3) is 0.150. The number of anilines is 1. The molecule has 0 saturated heterocycles. The number of hydrogen-bond acceptors (Lipinski definition) is 5. The van der Waals surface area contributed by atoms with Crippen molar-refractivity contribution in [3.05, 3.63) is 77.4 Å². The molecule has 0 aliphatic rings. The summed E-state index contributed by atoms with van der Waals surface area (Å²) in [4.78, 5) is 24.2. The maximum atomic E-state index is 12.9. The number of halogens is 1. The second-order valence-corrected chi connectivity index (χ2v) is 5.95. The molecule has 1 aromatic heterocycles. The van der Waals surface area contributed by atoms with E-state index in [1.54, 1.807) is 43.4 Å². The summed E-state index contributed by atoms with van der Waals surface area (Å²) in [6.45, 7) is 0.280. The number of aromatic nitrogens is 2. The molecule has 1 heterocycles. The summed E-state index contributed by atoms with van der Waals surface area (Å²) < 4.78 is 24.5. The molecule has 1 amide bonds. The van der Waals surface area contributed by atoms with Crippen molar-refractivity contribution in [2.45, 2.75) is 6.61 Å². The van der Waals surface area contributed by atoms with E-state index in [0.717, 1.165) is 5.56 Å². The molecule has 0 aliphatic carbocycles. The summed E-state index contributed by atoms with van der Waals surface area (Å²) in [5.74, 6) is -0.796. The average Bonchev–Trinajstić information content (AvgIpc) is 3.07. The maximum absolute atomic E-state index is 12.9. The Labute approximate surface area is 160 Å². The van der Waals surface area contributed by atoms with Crippen LogP contribution in [-0.2, 0) is 18.4 Å². The molecule has 2 aromatic carbocycles. The minimum atomic E-state index is -0.635. The number of rotatable bonds is 6. The zero-order chi connectivity index (χ0) is 20.1. The lowest BCUT2D eigenvalue weighted by atomic mass is 10.1. The summed E-state index contributed by atoms with van der Waals surface area (Å²) in [5, 5.41) is 6.64. The van der Waals surface area contributed by atoms with E-state index in [0.29, 0.717) is 11.3 Å². The van der Waals surface area contributed by atoms with Crippen LogP contribution in [0.25, 0.3) is 0 Å². The summed E-state index contributed by atoms with van der Waals surface area (Å²) in [6.07, 6.45) is 1.52. The van der Waals surface area contributed by atoms with Crippen molar-refractivity contribution in [2.75, 3.05) is 12.4 Å². The van der Waals surface area contributed by atoms with Gasteiger partial charge in [0.15, 0.2) is 5.69 Å². The first-order valence-corrected chi connectivity index (χ1v) is 8.37. The topological polar surface area (TPSA) is 82.5 Å². The number of carbonyl (C=O) groups is 2. The monoisotopic (exact) mass is 383 g/mol. The molecular formula is C20H18FN3O4. The van der Waals surface area contributed by atoms with Gasteiger partial charge in [0.25, 0.3) is 5.91 Å². The second-order valence-electron chi connectivity index (χ2n) is 5.95. The van der Waals surface area contributed by atoms with Crippen LogP contribution in [0.3, 0.4) is 0 Å². The third-order valence-corrected chi connectivity index (χ3v) is 3.89. The van der Waals surface area contributed by atoms with E-state index in [2.05, 4.69) is 15.2 Å². The predicted molar refractivity (Wildman–Crippen MR) is 99.7 cm³/mol. The smallest absolute Gasteiger partial charge is 0.360 e. The summed E-state index contributed by atoms with van der Waals surface area (Å²) in [7, 11) is 2.88. The fourth-order valence-electron chi connectivity index (χ4n) is 2.47. The quantitative estimate of drug-likeness (QED) is 0.661. The van der Waals surface area contributed by atoms with Gasteiger partial charge in [-0.1, -0.05) is 12.1 Å². The minimum absolute atomic E-state index is 0.0302. The number of methoxy groups -OCH3 is 1. The number of aryl methyl sites for hydroxylation is 1. The van der Waals surface area contributed by atoms with Gasteiger partial charge in [-0.2, -0.15) is 5.10 Å². The summed E-state index contributed by atoms with van der Waals surface area (Å²) >= 11 is 0. The van der Waals surface area contributed by atoms with Gasteiger partial charge >= 0.3 is 5.97 Å². The van der Waals surface area contributed by atoms with E-state index in [-0.39, 0.29) is 29.7 Å². The molecule has 0 saturated carbocycles. The lowest BCUT2D eigenvalue weighted by molar-refractivity contribution is 0.0594. The number of ether oxygens (including phenoxy) is 2. The molecule has 3 aromatic rings. The van der Waals surface area contributed by atoms with Gasteiger partial charge in [0.05, 0.1) is 12.8 Å². The van der Waals surface area contributed by atoms with Crippen LogP contribution in [0.5, 0.6) is 5.75 Å².